The van der Waals surface area contributed by atoms with Crippen molar-refractivity contribution in [2.45, 2.75) is 0 Å². The molecule has 0 aliphatic heterocycles. The van der Waals surface area contributed by atoms with Crippen molar-refractivity contribution in [3.8, 4) is 6.07 Å². The summed E-state index contributed by atoms with van der Waals surface area (Å²) in [6.45, 7) is 0. The number of nitrogen functional groups attached to an aromatic ring is 1. The minimum absolute atomic E-state index is 0.135. The summed E-state index contributed by atoms with van der Waals surface area (Å²) in [5.41, 5.74) is 8.72. The largest absolute Gasteiger partial charge is 0.384 e. The van der Waals surface area contributed by atoms with Crippen LogP contribution in [0.1, 0.15) is 15.9 Å². The Morgan fingerprint density at radius 2 is 1.83 bits per heavy atom. The number of amides is 1. The fourth-order valence-electron chi connectivity index (χ4n) is 2.26. The Balaban J connectivity index is 1.99. The van der Waals surface area contributed by atoms with E-state index in [4.69, 9.17) is 11.0 Å². The Bertz CT molecular complexity index is 998. The maximum Gasteiger partial charge on any atom is 0.278 e. The third-order valence-electron chi connectivity index (χ3n) is 3.45. The number of aromatic nitrogens is 1. The van der Waals surface area contributed by atoms with Gasteiger partial charge in [-0.05, 0) is 41.8 Å². The monoisotopic (exact) mass is 304 g/mol. The number of nitrogens with two attached hydrogens (primary N) is 1. The van der Waals surface area contributed by atoms with Gasteiger partial charge in [-0.2, -0.15) is 5.26 Å². The third kappa shape index (κ3) is 2.63. The van der Waals surface area contributed by atoms with Crippen molar-refractivity contribution in [3.63, 3.8) is 0 Å². The van der Waals surface area contributed by atoms with Crippen molar-refractivity contribution in [1.82, 2.24) is 4.68 Å². The number of carbonyl (C=O) groups excluding carboxylic acids is 1. The van der Waals surface area contributed by atoms with Gasteiger partial charge in [0.2, 0.25) is 0 Å². The molecule has 6 nitrogen and oxygen atoms in total. The molecule has 1 heterocycles. The molecule has 6 heteroatoms. The fourth-order valence-corrected chi connectivity index (χ4v) is 2.26. The summed E-state index contributed by atoms with van der Waals surface area (Å²) in [6.07, 6.45) is 0. The summed E-state index contributed by atoms with van der Waals surface area (Å²) in [7, 11) is 0. The van der Waals surface area contributed by atoms with E-state index >= 15 is 0 Å². The number of hydrogen-bond acceptors (Lipinski definition) is 4. The van der Waals surface area contributed by atoms with Gasteiger partial charge < -0.3 is 5.73 Å². The van der Waals surface area contributed by atoms with E-state index in [0.29, 0.717) is 21.9 Å². The lowest BCUT2D eigenvalue weighted by molar-refractivity contribution is 0.101. The van der Waals surface area contributed by atoms with Crippen LogP contribution < -0.4 is 16.7 Å². The average Bonchev–Trinajstić information content (AvgIpc) is 2.58. The number of carbonyl (C=O) groups is 1. The molecule has 0 bridgehead atoms. The second-order valence-corrected chi connectivity index (χ2v) is 4.93. The highest BCUT2D eigenvalue weighted by atomic mass is 16.2. The van der Waals surface area contributed by atoms with Crippen LogP contribution in [0.25, 0.3) is 10.8 Å². The molecule has 3 rings (SSSR count). The van der Waals surface area contributed by atoms with Crippen LogP contribution in [0.2, 0.25) is 0 Å². The van der Waals surface area contributed by atoms with E-state index in [1.54, 1.807) is 30.3 Å². The van der Waals surface area contributed by atoms with Crippen LogP contribution in [0.15, 0.2) is 59.4 Å². The highest BCUT2D eigenvalue weighted by Crippen LogP contribution is 2.12. The van der Waals surface area contributed by atoms with Crippen molar-refractivity contribution in [2.24, 2.45) is 0 Å². The highest BCUT2D eigenvalue weighted by molar-refractivity contribution is 6.00. The summed E-state index contributed by atoms with van der Waals surface area (Å²) in [4.78, 5) is 24.7. The smallest absolute Gasteiger partial charge is 0.278 e. The van der Waals surface area contributed by atoms with Crippen LogP contribution >= 0.6 is 0 Å². The summed E-state index contributed by atoms with van der Waals surface area (Å²) < 4.78 is 1.02. The van der Waals surface area contributed by atoms with Gasteiger partial charge in [-0.15, -0.1) is 0 Å². The number of hydrogen-bond donors (Lipinski definition) is 2. The van der Waals surface area contributed by atoms with E-state index in [-0.39, 0.29) is 5.82 Å². The molecule has 0 aliphatic carbocycles. The van der Waals surface area contributed by atoms with Gasteiger partial charge in [0.05, 0.1) is 11.6 Å². The van der Waals surface area contributed by atoms with E-state index in [2.05, 4.69) is 5.43 Å². The van der Waals surface area contributed by atoms with Gasteiger partial charge in [0.25, 0.3) is 11.5 Å². The first-order valence-electron chi connectivity index (χ1n) is 6.82. The van der Waals surface area contributed by atoms with Gasteiger partial charge in [-0.1, -0.05) is 18.2 Å². The lowest BCUT2D eigenvalue weighted by Gasteiger charge is -2.12. The minimum Gasteiger partial charge on any atom is -0.384 e. The van der Waals surface area contributed by atoms with E-state index < -0.39 is 11.5 Å². The lowest BCUT2D eigenvalue weighted by atomic mass is 10.1. The number of fused-ring (bicyclic) bond motifs is 1. The number of nitriles is 1. The summed E-state index contributed by atoms with van der Waals surface area (Å²) in [5, 5.41) is 9.93. The average molecular weight is 304 g/mol. The molecule has 3 aromatic rings. The standard InChI is InChI=1S/C17H12N4O2/c18-10-11-5-7-12(8-6-11)16(22)20-21-15(19)9-13-3-1-2-4-14(13)17(21)23/h1-9H,19H2,(H,20,22). The lowest BCUT2D eigenvalue weighted by Crippen LogP contribution is -2.34. The molecule has 112 valence electrons. The number of nitrogens with zero attached hydrogens (tertiary/aromatic N) is 2. The molecule has 0 aliphatic rings. The molecule has 0 spiro atoms. The molecular weight excluding hydrogens is 292 g/mol. The molecular formula is C17H12N4O2. The van der Waals surface area contributed by atoms with Gasteiger partial charge >= 0.3 is 0 Å². The minimum atomic E-state index is -0.487. The van der Waals surface area contributed by atoms with E-state index in [9.17, 15) is 9.59 Å². The number of rotatable bonds is 2. The number of nitrogens with one attached hydrogen (secondary N) is 1. The van der Waals surface area contributed by atoms with Crippen LogP contribution in [-0.2, 0) is 0 Å². The zero-order chi connectivity index (χ0) is 16.4. The molecule has 2 aromatic carbocycles. The number of pyridine rings is 1. The van der Waals surface area contributed by atoms with Gasteiger partial charge in [0.1, 0.15) is 5.82 Å². The van der Waals surface area contributed by atoms with Crippen molar-refractivity contribution >= 4 is 22.5 Å². The first-order valence-corrected chi connectivity index (χ1v) is 6.82. The SMILES string of the molecule is N#Cc1ccc(C(=O)Nn2c(N)cc3ccccc3c2=O)cc1. The number of anilines is 1. The van der Waals surface area contributed by atoms with Gasteiger partial charge in [0.15, 0.2) is 0 Å². The van der Waals surface area contributed by atoms with Crippen LogP contribution in [0.5, 0.6) is 0 Å². The van der Waals surface area contributed by atoms with Crippen molar-refractivity contribution < 1.29 is 4.79 Å². The Labute approximate surface area is 131 Å². The Hall–Kier alpha value is -3.59. The predicted octanol–water partition coefficient (Wildman–Crippen LogP) is 1.84. The van der Waals surface area contributed by atoms with Crippen LogP contribution in [0.4, 0.5) is 5.82 Å². The first kappa shape index (κ1) is 14.4. The van der Waals surface area contributed by atoms with E-state index in [1.165, 1.54) is 24.3 Å². The normalized spacial score (nSPS) is 10.2. The van der Waals surface area contributed by atoms with E-state index in [0.717, 1.165) is 4.68 Å². The fraction of sp³-hybridized carbons (Fsp3) is 0. The highest BCUT2D eigenvalue weighted by Gasteiger charge is 2.11. The maximum atomic E-state index is 12.4. The quantitative estimate of drug-likeness (QED) is 0.754. The van der Waals surface area contributed by atoms with Gasteiger partial charge in [-0.25, -0.2) is 4.68 Å². The van der Waals surface area contributed by atoms with Gasteiger partial charge in [-0.3, -0.25) is 15.0 Å². The van der Waals surface area contributed by atoms with Crippen LogP contribution in [0, 0.1) is 11.3 Å². The molecule has 1 amide bonds. The Kier molecular flexibility index (Phi) is 3.53. The molecule has 1 aromatic heterocycles. The third-order valence-corrected chi connectivity index (χ3v) is 3.45. The predicted molar refractivity (Wildman–Crippen MR) is 87.5 cm³/mol. The maximum absolute atomic E-state index is 12.4. The second-order valence-electron chi connectivity index (χ2n) is 4.93. The summed E-state index contributed by atoms with van der Waals surface area (Å²) in [5.74, 6) is -0.353. The molecule has 0 saturated carbocycles. The zero-order valence-corrected chi connectivity index (χ0v) is 12.0. The zero-order valence-electron chi connectivity index (χ0n) is 12.0. The van der Waals surface area contributed by atoms with Crippen molar-refractivity contribution in [1.29, 1.82) is 5.26 Å². The molecule has 0 radical (unpaired) electrons. The Morgan fingerprint density at radius 1 is 1.13 bits per heavy atom. The number of benzene rings is 2. The molecule has 23 heavy (non-hydrogen) atoms. The van der Waals surface area contributed by atoms with Crippen LogP contribution in [0.3, 0.4) is 0 Å². The van der Waals surface area contributed by atoms with Crippen LogP contribution in [-0.4, -0.2) is 10.6 Å². The van der Waals surface area contributed by atoms with Gasteiger partial charge in [0, 0.05) is 10.9 Å². The molecule has 3 N–H and O–H groups in total. The topological polar surface area (TPSA) is 101 Å². The molecule has 0 fully saturated rings. The summed E-state index contributed by atoms with van der Waals surface area (Å²) in [6, 6.07) is 16.7. The van der Waals surface area contributed by atoms with Crippen molar-refractivity contribution in [3.05, 3.63) is 76.1 Å². The molecule has 0 saturated heterocycles. The van der Waals surface area contributed by atoms with Crippen molar-refractivity contribution in [2.75, 3.05) is 11.2 Å². The summed E-state index contributed by atoms with van der Waals surface area (Å²) >= 11 is 0. The Morgan fingerprint density at radius 3 is 2.52 bits per heavy atom. The molecule has 0 unspecified atom stereocenters. The first-order chi connectivity index (χ1) is 11.1. The second kappa shape index (κ2) is 5.66. The molecule has 0 atom stereocenters. The van der Waals surface area contributed by atoms with E-state index in [1.807, 2.05) is 6.07 Å².